The van der Waals surface area contributed by atoms with Crippen molar-refractivity contribution in [2.45, 2.75) is 11.8 Å². The standard InChI is InChI=1S/C26H32N6O3S/c1-21-27-25(30-14-12-29(2)13-15-30)20-26(28-21)31-16-18-32(19-17-31)36(33,34)24-10-8-23(9-11-24)35-22-6-4-3-5-7-22/h3-11,20H,12-19H2,1-2H3. The molecule has 10 heteroatoms. The lowest BCUT2D eigenvalue weighted by molar-refractivity contribution is 0.312. The zero-order valence-corrected chi connectivity index (χ0v) is 21.6. The van der Waals surface area contributed by atoms with Gasteiger partial charge in [0.2, 0.25) is 10.0 Å². The summed E-state index contributed by atoms with van der Waals surface area (Å²) in [5, 5.41) is 0. The number of piperazine rings is 2. The lowest BCUT2D eigenvalue weighted by atomic mass is 10.3. The van der Waals surface area contributed by atoms with Crippen molar-refractivity contribution < 1.29 is 13.2 Å². The lowest BCUT2D eigenvalue weighted by Gasteiger charge is -2.36. The number of sulfonamides is 1. The van der Waals surface area contributed by atoms with Crippen molar-refractivity contribution in [1.82, 2.24) is 19.2 Å². The first-order valence-corrected chi connectivity index (χ1v) is 13.7. The molecule has 2 aromatic carbocycles. The van der Waals surface area contributed by atoms with E-state index in [1.807, 2.05) is 43.3 Å². The Morgan fingerprint density at radius 1 is 0.722 bits per heavy atom. The van der Waals surface area contributed by atoms with E-state index in [0.717, 1.165) is 43.6 Å². The van der Waals surface area contributed by atoms with E-state index in [9.17, 15) is 8.42 Å². The van der Waals surface area contributed by atoms with Crippen LogP contribution in [0.3, 0.4) is 0 Å². The minimum Gasteiger partial charge on any atom is -0.457 e. The molecular formula is C26H32N6O3S. The van der Waals surface area contributed by atoms with Gasteiger partial charge in [-0.2, -0.15) is 4.31 Å². The van der Waals surface area contributed by atoms with Crippen molar-refractivity contribution in [1.29, 1.82) is 0 Å². The van der Waals surface area contributed by atoms with Crippen molar-refractivity contribution in [3.8, 4) is 11.5 Å². The minimum absolute atomic E-state index is 0.270. The van der Waals surface area contributed by atoms with Crippen LogP contribution in [0.2, 0.25) is 0 Å². The molecule has 2 aliphatic heterocycles. The number of benzene rings is 2. The van der Waals surface area contributed by atoms with Crippen molar-refractivity contribution in [3.05, 3.63) is 66.5 Å². The number of nitrogens with zero attached hydrogens (tertiary/aromatic N) is 6. The first kappa shape index (κ1) is 24.5. The van der Waals surface area contributed by atoms with E-state index in [0.29, 0.717) is 37.7 Å². The molecule has 2 aliphatic rings. The molecule has 3 aromatic rings. The Kier molecular flexibility index (Phi) is 7.08. The van der Waals surface area contributed by atoms with Gasteiger partial charge in [0.25, 0.3) is 0 Å². The molecular weight excluding hydrogens is 476 g/mol. The second-order valence-corrected chi connectivity index (χ2v) is 11.1. The summed E-state index contributed by atoms with van der Waals surface area (Å²) >= 11 is 0. The largest absolute Gasteiger partial charge is 0.457 e. The van der Waals surface area contributed by atoms with Crippen LogP contribution in [-0.4, -0.2) is 87.0 Å². The maximum Gasteiger partial charge on any atom is 0.243 e. The van der Waals surface area contributed by atoms with Gasteiger partial charge < -0.3 is 19.4 Å². The number of hydrogen-bond donors (Lipinski definition) is 0. The summed E-state index contributed by atoms with van der Waals surface area (Å²) in [6.45, 7) is 7.76. The third-order valence-electron chi connectivity index (χ3n) is 6.64. The number of aromatic nitrogens is 2. The summed E-state index contributed by atoms with van der Waals surface area (Å²) < 4.78 is 33.9. The highest BCUT2D eigenvalue weighted by Gasteiger charge is 2.29. The number of rotatable bonds is 6. The van der Waals surface area contributed by atoms with Crippen LogP contribution >= 0.6 is 0 Å². The number of ether oxygens (including phenoxy) is 1. The minimum atomic E-state index is -3.59. The second-order valence-electron chi connectivity index (χ2n) is 9.20. The van der Waals surface area contributed by atoms with Gasteiger partial charge in [-0.1, -0.05) is 18.2 Å². The maximum atomic E-state index is 13.3. The van der Waals surface area contributed by atoms with E-state index in [4.69, 9.17) is 4.74 Å². The molecule has 36 heavy (non-hydrogen) atoms. The number of anilines is 2. The third kappa shape index (κ3) is 5.45. The fraction of sp³-hybridized carbons (Fsp3) is 0.385. The first-order chi connectivity index (χ1) is 17.4. The second kappa shape index (κ2) is 10.4. The summed E-state index contributed by atoms with van der Waals surface area (Å²) in [7, 11) is -1.46. The summed E-state index contributed by atoms with van der Waals surface area (Å²) in [5.41, 5.74) is 0. The van der Waals surface area contributed by atoms with E-state index in [1.54, 1.807) is 28.6 Å². The van der Waals surface area contributed by atoms with E-state index in [1.165, 1.54) is 0 Å². The zero-order valence-electron chi connectivity index (χ0n) is 20.7. The average Bonchev–Trinajstić information content (AvgIpc) is 2.90. The molecule has 190 valence electrons. The maximum absolute atomic E-state index is 13.3. The molecule has 2 saturated heterocycles. The number of likely N-dealkylation sites (N-methyl/N-ethyl adjacent to an activating group) is 1. The SMILES string of the molecule is Cc1nc(N2CCN(C)CC2)cc(N2CCN(S(=O)(=O)c3ccc(Oc4ccccc4)cc3)CC2)n1. The Morgan fingerprint density at radius 2 is 1.25 bits per heavy atom. The molecule has 1 aromatic heterocycles. The highest BCUT2D eigenvalue weighted by molar-refractivity contribution is 7.89. The fourth-order valence-corrected chi connectivity index (χ4v) is 5.93. The van der Waals surface area contributed by atoms with Crippen molar-refractivity contribution in [2.24, 2.45) is 0 Å². The number of para-hydroxylation sites is 1. The topological polar surface area (TPSA) is 82.1 Å². The van der Waals surface area contributed by atoms with Crippen molar-refractivity contribution in [3.63, 3.8) is 0 Å². The van der Waals surface area contributed by atoms with Gasteiger partial charge in [0.05, 0.1) is 4.90 Å². The van der Waals surface area contributed by atoms with Gasteiger partial charge in [-0.3, -0.25) is 0 Å². The Morgan fingerprint density at radius 3 is 1.83 bits per heavy atom. The van der Waals surface area contributed by atoms with Crippen LogP contribution < -0.4 is 14.5 Å². The van der Waals surface area contributed by atoms with Crippen molar-refractivity contribution >= 4 is 21.7 Å². The van der Waals surface area contributed by atoms with Crippen LogP contribution in [-0.2, 0) is 10.0 Å². The van der Waals surface area contributed by atoms with Crippen LogP contribution in [0.25, 0.3) is 0 Å². The van der Waals surface area contributed by atoms with Crippen LogP contribution in [0, 0.1) is 6.92 Å². The molecule has 0 atom stereocenters. The zero-order chi connectivity index (χ0) is 25.1. The average molecular weight is 509 g/mol. The van der Waals surface area contributed by atoms with Crippen LogP contribution in [0.15, 0.2) is 65.6 Å². The molecule has 0 unspecified atom stereocenters. The number of hydrogen-bond acceptors (Lipinski definition) is 8. The molecule has 0 radical (unpaired) electrons. The lowest BCUT2D eigenvalue weighted by Crippen LogP contribution is -2.49. The molecule has 9 nitrogen and oxygen atoms in total. The van der Waals surface area contributed by atoms with Crippen LogP contribution in [0.5, 0.6) is 11.5 Å². The van der Waals surface area contributed by atoms with Gasteiger partial charge in [0, 0.05) is 58.4 Å². The summed E-state index contributed by atoms with van der Waals surface area (Å²) in [6, 6.07) is 18.1. The normalized spacial score (nSPS) is 17.8. The van der Waals surface area contributed by atoms with E-state index in [-0.39, 0.29) is 4.90 Å². The van der Waals surface area contributed by atoms with Gasteiger partial charge >= 0.3 is 0 Å². The number of aryl methyl sites for hydroxylation is 1. The predicted molar refractivity (Wildman–Crippen MR) is 140 cm³/mol. The monoisotopic (exact) mass is 508 g/mol. The summed E-state index contributed by atoms with van der Waals surface area (Å²) in [4.78, 5) is 16.3. The molecule has 0 aliphatic carbocycles. The molecule has 0 amide bonds. The Bertz CT molecular complexity index is 1270. The molecule has 0 bridgehead atoms. The van der Waals surface area contributed by atoms with Gasteiger partial charge in [0.1, 0.15) is 29.0 Å². The molecule has 0 saturated carbocycles. The smallest absolute Gasteiger partial charge is 0.243 e. The Labute approximate surface area is 213 Å². The van der Waals surface area contributed by atoms with E-state index in [2.05, 4.69) is 31.7 Å². The van der Waals surface area contributed by atoms with Gasteiger partial charge in [0.15, 0.2) is 0 Å². The molecule has 0 N–H and O–H groups in total. The quantitative estimate of drug-likeness (QED) is 0.503. The first-order valence-electron chi connectivity index (χ1n) is 12.3. The van der Waals surface area contributed by atoms with Crippen LogP contribution in [0.4, 0.5) is 11.6 Å². The third-order valence-corrected chi connectivity index (χ3v) is 8.55. The summed E-state index contributed by atoms with van der Waals surface area (Å²) in [5.74, 6) is 3.84. The highest BCUT2D eigenvalue weighted by atomic mass is 32.2. The summed E-state index contributed by atoms with van der Waals surface area (Å²) in [6.07, 6.45) is 0. The van der Waals surface area contributed by atoms with Gasteiger partial charge in [-0.05, 0) is 50.4 Å². The fourth-order valence-electron chi connectivity index (χ4n) is 4.51. The predicted octanol–water partition coefficient (Wildman–Crippen LogP) is 2.84. The Hall–Kier alpha value is -3.21. The van der Waals surface area contributed by atoms with Gasteiger partial charge in [-0.15, -0.1) is 0 Å². The van der Waals surface area contributed by atoms with Gasteiger partial charge in [-0.25, -0.2) is 18.4 Å². The molecule has 3 heterocycles. The molecule has 0 spiro atoms. The highest BCUT2D eigenvalue weighted by Crippen LogP contribution is 2.26. The Balaban J connectivity index is 1.23. The molecule has 2 fully saturated rings. The van der Waals surface area contributed by atoms with Crippen LogP contribution in [0.1, 0.15) is 5.82 Å². The van der Waals surface area contributed by atoms with E-state index >= 15 is 0 Å². The van der Waals surface area contributed by atoms with E-state index < -0.39 is 10.0 Å². The molecule has 5 rings (SSSR count). The van der Waals surface area contributed by atoms with Crippen molar-refractivity contribution in [2.75, 3.05) is 69.2 Å².